The van der Waals surface area contributed by atoms with Gasteiger partial charge in [-0.05, 0) is 30.2 Å². The van der Waals surface area contributed by atoms with Crippen molar-refractivity contribution >= 4 is 0 Å². The fourth-order valence-electron chi connectivity index (χ4n) is 2.28. The maximum atomic E-state index is 13.4. The summed E-state index contributed by atoms with van der Waals surface area (Å²) in [5.74, 6) is -0.156. The highest BCUT2D eigenvalue weighted by atomic mass is 19.1. The SMILES string of the molecule is COc1cc(C(C)N[C@@H](CO)c2ccccc2)ccc1F. The fourth-order valence-corrected chi connectivity index (χ4v) is 2.28. The smallest absolute Gasteiger partial charge is 0.165 e. The zero-order valence-electron chi connectivity index (χ0n) is 12.2. The maximum Gasteiger partial charge on any atom is 0.165 e. The second kappa shape index (κ2) is 7.20. The Morgan fingerprint density at radius 1 is 1.14 bits per heavy atom. The molecule has 0 aliphatic rings. The van der Waals surface area contributed by atoms with Gasteiger partial charge in [0.05, 0.1) is 19.8 Å². The average molecular weight is 289 g/mol. The molecule has 3 nitrogen and oxygen atoms in total. The van der Waals surface area contributed by atoms with Crippen molar-refractivity contribution in [2.24, 2.45) is 0 Å². The first kappa shape index (κ1) is 15.5. The first-order chi connectivity index (χ1) is 10.2. The van der Waals surface area contributed by atoms with Crippen LogP contribution in [0.5, 0.6) is 5.75 Å². The molecule has 1 unspecified atom stereocenters. The van der Waals surface area contributed by atoms with Gasteiger partial charge in [-0.15, -0.1) is 0 Å². The molecular weight excluding hydrogens is 269 g/mol. The molecule has 2 N–H and O–H groups in total. The van der Waals surface area contributed by atoms with E-state index >= 15 is 0 Å². The topological polar surface area (TPSA) is 41.5 Å². The highest BCUT2D eigenvalue weighted by Crippen LogP contribution is 2.24. The van der Waals surface area contributed by atoms with Gasteiger partial charge in [0, 0.05) is 6.04 Å². The first-order valence-corrected chi connectivity index (χ1v) is 6.91. The van der Waals surface area contributed by atoms with Gasteiger partial charge in [0.15, 0.2) is 11.6 Å². The quantitative estimate of drug-likeness (QED) is 0.858. The van der Waals surface area contributed by atoms with Crippen molar-refractivity contribution in [3.05, 3.63) is 65.5 Å². The largest absolute Gasteiger partial charge is 0.494 e. The van der Waals surface area contributed by atoms with Gasteiger partial charge in [-0.1, -0.05) is 36.4 Å². The van der Waals surface area contributed by atoms with E-state index in [2.05, 4.69) is 5.32 Å². The van der Waals surface area contributed by atoms with E-state index in [9.17, 15) is 9.50 Å². The lowest BCUT2D eigenvalue weighted by molar-refractivity contribution is 0.235. The highest BCUT2D eigenvalue weighted by molar-refractivity contribution is 5.32. The highest BCUT2D eigenvalue weighted by Gasteiger charge is 2.15. The van der Waals surface area contributed by atoms with Gasteiger partial charge in [0.2, 0.25) is 0 Å². The van der Waals surface area contributed by atoms with E-state index in [1.165, 1.54) is 13.2 Å². The molecule has 0 aliphatic heterocycles. The summed E-state index contributed by atoms with van der Waals surface area (Å²) in [5.41, 5.74) is 1.92. The molecule has 2 aromatic carbocycles. The first-order valence-electron chi connectivity index (χ1n) is 6.91. The summed E-state index contributed by atoms with van der Waals surface area (Å²) < 4.78 is 18.4. The molecule has 0 aromatic heterocycles. The zero-order chi connectivity index (χ0) is 15.2. The van der Waals surface area contributed by atoms with Crippen molar-refractivity contribution in [1.29, 1.82) is 0 Å². The van der Waals surface area contributed by atoms with Gasteiger partial charge in [-0.2, -0.15) is 0 Å². The predicted molar refractivity (Wildman–Crippen MR) is 80.8 cm³/mol. The van der Waals surface area contributed by atoms with Crippen molar-refractivity contribution in [2.45, 2.75) is 19.0 Å². The molecule has 2 aromatic rings. The number of hydrogen-bond acceptors (Lipinski definition) is 3. The molecule has 2 rings (SSSR count). The van der Waals surface area contributed by atoms with Gasteiger partial charge in [0.1, 0.15) is 0 Å². The Morgan fingerprint density at radius 2 is 1.86 bits per heavy atom. The van der Waals surface area contributed by atoms with Crippen LogP contribution in [0, 0.1) is 5.82 Å². The summed E-state index contributed by atoms with van der Waals surface area (Å²) in [5, 5.41) is 12.9. The fraction of sp³-hybridized carbons (Fsp3) is 0.294. The van der Waals surface area contributed by atoms with Crippen LogP contribution < -0.4 is 10.1 Å². The van der Waals surface area contributed by atoms with Crippen LogP contribution in [0.1, 0.15) is 30.1 Å². The number of hydrogen-bond donors (Lipinski definition) is 2. The van der Waals surface area contributed by atoms with E-state index in [-0.39, 0.29) is 30.3 Å². The molecule has 0 bridgehead atoms. The molecule has 0 saturated carbocycles. The lowest BCUT2D eigenvalue weighted by Gasteiger charge is -2.23. The lowest BCUT2D eigenvalue weighted by atomic mass is 10.0. The number of rotatable bonds is 6. The maximum absolute atomic E-state index is 13.4. The molecule has 112 valence electrons. The number of aliphatic hydroxyl groups is 1. The minimum absolute atomic E-state index is 0.00726. The Morgan fingerprint density at radius 3 is 2.48 bits per heavy atom. The van der Waals surface area contributed by atoms with Crippen LogP contribution in [0.25, 0.3) is 0 Å². The molecule has 0 heterocycles. The summed E-state index contributed by atoms with van der Waals surface area (Å²) in [6.45, 7) is 1.96. The number of halogens is 1. The van der Waals surface area contributed by atoms with Crippen LogP contribution >= 0.6 is 0 Å². The van der Waals surface area contributed by atoms with Crippen LogP contribution in [0.15, 0.2) is 48.5 Å². The molecule has 21 heavy (non-hydrogen) atoms. The Kier molecular flexibility index (Phi) is 5.31. The van der Waals surface area contributed by atoms with Crippen molar-refractivity contribution in [1.82, 2.24) is 5.32 Å². The van der Waals surface area contributed by atoms with Crippen molar-refractivity contribution in [3.8, 4) is 5.75 Å². The van der Waals surface area contributed by atoms with Gasteiger partial charge in [-0.25, -0.2) is 4.39 Å². The Bertz CT molecular complexity index is 574. The van der Waals surface area contributed by atoms with Crippen molar-refractivity contribution < 1.29 is 14.2 Å². The lowest BCUT2D eigenvalue weighted by Crippen LogP contribution is -2.27. The molecule has 0 aliphatic carbocycles. The second-order valence-corrected chi connectivity index (χ2v) is 4.93. The summed E-state index contributed by atoms with van der Waals surface area (Å²) >= 11 is 0. The monoisotopic (exact) mass is 289 g/mol. The Labute approximate surface area is 124 Å². The van der Waals surface area contributed by atoms with E-state index in [1.54, 1.807) is 12.1 Å². The molecule has 0 fully saturated rings. The van der Waals surface area contributed by atoms with E-state index < -0.39 is 0 Å². The minimum Gasteiger partial charge on any atom is -0.494 e. The summed E-state index contributed by atoms with van der Waals surface area (Å²) in [6, 6.07) is 14.3. The van der Waals surface area contributed by atoms with Gasteiger partial charge in [-0.3, -0.25) is 0 Å². The number of aliphatic hydroxyl groups excluding tert-OH is 1. The number of benzene rings is 2. The number of methoxy groups -OCH3 is 1. The van der Waals surface area contributed by atoms with E-state index in [1.807, 2.05) is 37.3 Å². The summed E-state index contributed by atoms with van der Waals surface area (Å²) in [4.78, 5) is 0. The van der Waals surface area contributed by atoms with E-state index in [0.29, 0.717) is 0 Å². The molecule has 2 atom stereocenters. The molecule has 0 radical (unpaired) electrons. The van der Waals surface area contributed by atoms with Crippen molar-refractivity contribution in [3.63, 3.8) is 0 Å². The number of nitrogens with one attached hydrogen (secondary N) is 1. The van der Waals surface area contributed by atoms with Crippen LogP contribution in [0.4, 0.5) is 4.39 Å². The van der Waals surface area contributed by atoms with Crippen LogP contribution in [0.3, 0.4) is 0 Å². The van der Waals surface area contributed by atoms with Crippen LogP contribution in [0.2, 0.25) is 0 Å². The van der Waals surface area contributed by atoms with Gasteiger partial charge >= 0.3 is 0 Å². The summed E-state index contributed by atoms with van der Waals surface area (Å²) in [6.07, 6.45) is 0. The predicted octanol–water partition coefficient (Wildman–Crippen LogP) is 3.22. The molecular formula is C17H20FNO2. The normalized spacial score (nSPS) is 13.7. The van der Waals surface area contributed by atoms with Crippen LogP contribution in [-0.2, 0) is 0 Å². The third-order valence-corrected chi connectivity index (χ3v) is 3.51. The zero-order valence-corrected chi connectivity index (χ0v) is 12.2. The number of ether oxygens (including phenoxy) is 1. The molecule has 4 heteroatoms. The van der Waals surface area contributed by atoms with E-state index in [0.717, 1.165) is 11.1 Å². The molecule has 0 saturated heterocycles. The van der Waals surface area contributed by atoms with Crippen LogP contribution in [-0.4, -0.2) is 18.8 Å². The third-order valence-electron chi connectivity index (χ3n) is 3.51. The standard InChI is InChI=1S/C17H20FNO2/c1-12(14-8-9-15(18)17(10-14)21-2)19-16(11-20)13-6-4-3-5-7-13/h3-10,12,16,19-20H,11H2,1-2H3/t12?,16-/m0/s1. The Balaban J connectivity index is 2.14. The third kappa shape index (κ3) is 3.80. The Hall–Kier alpha value is -1.91. The molecule has 0 spiro atoms. The van der Waals surface area contributed by atoms with E-state index in [4.69, 9.17) is 4.74 Å². The second-order valence-electron chi connectivity index (χ2n) is 4.93. The van der Waals surface area contributed by atoms with Crippen molar-refractivity contribution in [2.75, 3.05) is 13.7 Å². The summed E-state index contributed by atoms with van der Waals surface area (Å²) in [7, 11) is 1.45. The molecule has 0 amide bonds. The van der Waals surface area contributed by atoms with Gasteiger partial charge in [0.25, 0.3) is 0 Å². The van der Waals surface area contributed by atoms with Gasteiger partial charge < -0.3 is 15.2 Å². The average Bonchev–Trinajstić information content (AvgIpc) is 2.53. The minimum atomic E-state index is -0.379.